The molecule has 0 aliphatic carbocycles. The first-order valence-corrected chi connectivity index (χ1v) is 6.34. The lowest BCUT2D eigenvalue weighted by atomic mass is 10.2. The maximum absolute atomic E-state index is 13.3. The maximum Gasteiger partial charge on any atom is 0.174 e. The molecule has 2 aromatic carbocycles. The molecule has 0 saturated heterocycles. The van der Waals surface area contributed by atoms with Gasteiger partial charge in [0.05, 0.1) is 5.02 Å². The molecule has 0 fully saturated rings. The Morgan fingerprint density at radius 3 is 2.85 bits per heavy atom. The highest BCUT2D eigenvalue weighted by molar-refractivity contribution is 6.30. The van der Waals surface area contributed by atoms with Gasteiger partial charge in [0, 0.05) is 12.2 Å². The SMILES string of the molecule is N#CCOc1cccc(CNc2ccc(Cl)c(F)c2)c1. The number of ether oxygens (including phenoxy) is 1. The molecule has 0 aliphatic heterocycles. The van der Waals surface area contributed by atoms with E-state index in [0.717, 1.165) is 5.56 Å². The van der Waals surface area contributed by atoms with Gasteiger partial charge < -0.3 is 10.1 Å². The minimum Gasteiger partial charge on any atom is -0.479 e. The first-order chi connectivity index (χ1) is 9.69. The predicted molar refractivity (Wildman–Crippen MR) is 76.3 cm³/mol. The summed E-state index contributed by atoms with van der Waals surface area (Å²) in [4.78, 5) is 0. The van der Waals surface area contributed by atoms with E-state index in [1.165, 1.54) is 12.1 Å². The smallest absolute Gasteiger partial charge is 0.174 e. The first-order valence-electron chi connectivity index (χ1n) is 5.96. The van der Waals surface area contributed by atoms with Crippen molar-refractivity contribution in [3.63, 3.8) is 0 Å². The molecule has 0 spiro atoms. The second-order valence-electron chi connectivity index (χ2n) is 4.08. The van der Waals surface area contributed by atoms with E-state index in [1.54, 1.807) is 12.1 Å². The molecule has 0 bridgehead atoms. The van der Waals surface area contributed by atoms with Crippen molar-refractivity contribution in [2.45, 2.75) is 6.54 Å². The van der Waals surface area contributed by atoms with Crippen molar-refractivity contribution in [2.75, 3.05) is 11.9 Å². The summed E-state index contributed by atoms with van der Waals surface area (Å²) in [5.41, 5.74) is 1.62. The van der Waals surface area contributed by atoms with Gasteiger partial charge in [-0.25, -0.2) is 4.39 Å². The molecular weight excluding hydrogens is 279 g/mol. The predicted octanol–water partition coefficient (Wildman–Crippen LogP) is 3.99. The van der Waals surface area contributed by atoms with Crippen molar-refractivity contribution in [3.05, 3.63) is 58.9 Å². The van der Waals surface area contributed by atoms with E-state index in [0.29, 0.717) is 18.0 Å². The minimum absolute atomic E-state index is 0.0132. The highest BCUT2D eigenvalue weighted by Gasteiger charge is 2.01. The van der Waals surface area contributed by atoms with Crippen molar-refractivity contribution >= 4 is 17.3 Å². The molecule has 1 N–H and O–H groups in total. The summed E-state index contributed by atoms with van der Waals surface area (Å²) in [5.74, 6) is 0.177. The van der Waals surface area contributed by atoms with Crippen LogP contribution >= 0.6 is 11.6 Å². The van der Waals surface area contributed by atoms with Gasteiger partial charge in [-0.3, -0.25) is 0 Å². The number of rotatable bonds is 5. The molecule has 0 saturated carbocycles. The van der Waals surface area contributed by atoms with Crippen molar-refractivity contribution in [3.8, 4) is 11.8 Å². The fourth-order valence-corrected chi connectivity index (χ4v) is 1.79. The minimum atomic E-state index is -0.456. The number of hydrogen-bond donors (Lipinski definition) is 1. The molecule has 20 heavy (non-hydrogen) atoms. The average molecular weight is 291 g/mol. The molecule has 102 valence electrons. The zero-order valence-corrected chi connectivity index (χ0v) is 11.3. The third-order valence-electron chi connectivity index (χ3n) is 2.62. The van der Waals surface area contributed by atoms with Gasteiger partial charge in [0.1, 0.15) is 17.6 Å². The van der Waals surface area contributed by atoms with Crippen LogP contribution in [0.4, 0.5) is 10.1 Å². The molecule has 0 radical (unpaired) electrons. The van der Waals surface area contributed by atoms with E-state index < -0.39 is 5.82 Å². The molecule has 0 aliphatic rings. The van der Waals surface area contributed by atoms with E-state index >= 15 is 0 Å². The molecule has 0 atom stereocenters. The van der Waals surface area contributed by atoms with Crippen LogP contribution in [-0.2, 0) is 6.54 Å². The zero-order chi connectivity index (χ0) is 14.4. The monoisotopic (exact) mass is 290 g/mol. The van der Waals surface area contributed by atoms with Crippen molar-refractivity contribution < 1.29 is 9.13 Å². The molecule has 0 amide bonds. The number of nitrogens with zero attached hydrogens (tertiary/aromatic N) is 1. The summed E-state index contributed by atoms with van der Waals surface area (Å²) < 4.78 is 18.5. The van der Waals surface area contributed by atoms with Gasteiger partial charge in [0.25, 0.3) is 0 Å². The standard InChI is InChI=1S/C15H12ClFN2O/c16-14-5-4-12(9-15(14)17)19-10-11-2-1-3-13(8-11)20-7-6-18/h1-5,8-9,19H,7,10H2. The van der Waals surface area contributed by atoms with Gasteiger partial charge in [0.15, 0.2) is 6.61 Å². The van der Waals surface area contributed by atoms with Gasteiger partial charge in [-0.1, -0.05) is 23.7 Å². The Morgan fingerprint density at radius 2 is 2.10 bits per heavy atom. The second kappa shape index (κ2) is 6.78. The van der Waals surface area contributed by atoms with Gasteiger partial charge in [0.2, 0.25) is 0 Å². The lowest BCUT2D eigenvalue weighted by molar-refractivity contribution is 0.368. The molecule has 0 aromatic heterocycles. The second-order valence-corrected chi connectivity index (χ2v) is 4.48. The number of hydrogen-bond acceptors (Lipinski definition) is 3. The molecule has 2 aromatic rings. The van der Waals surface area contributed by atoms with Crippen LogP contribution in [0.1, 0.15) is 5.56 Å². The van der Waals surface area contributed by atoms with Gasteiger partial charge in [-0.15, -0.1) is 0 Å². The number of benzene rings is 2. The number of halogens is 2. The third-order valence-corrected chi connectivity index (χ3v) is 2.92. The lowest BCUT2D eigenvalue weighted by Gasteiger charge is -2.08. The molecule has 0 unspecified atom stereocenters. The maximum atomic E-state index is 13.3. The molecule has 5 heteroatoms. The molecule has 3 nitrogen and oxygen atoms in total. The molecule has 0 heterocycles. The summed E-state index contributed by atoms with van der Waals surface area (Å²) in [6, 6.07) is 13.8. The van der Waals surface area contributed by atoms with Crippen LogP contribution < -0.4 is 10.1 Å². The van der Waals surface area contributed by atoms with Crippen molar-refractivity contribution in [2.24, 2.45) is 0 Å². The zero-order valence-electron chi connectivity index (χ0n) is 10.6. The topological polar surface area (TPSA) is 45.0 Å². The Labute approximate surface area is 121 Å². The highest BCUT2D eigenvalue weighted by Crippen LogP contribution is 2.20. The fourth-order valence-electron chi connectivity index (χ4n) is 1.67. The highest BCUT2D eigenvalue weighted by atomic mass is 35.5. The summed E-state index contributed by atoms with van der Waals surface area (Å²) >= 11 is 5.62. The normalized spacial score (nSPS) is 9.85. The van der Waals surface area contributed by atoms with Crippen LogP contribution in [-0.4, -0.2) is 6.61 Å². The van der Waals surface area contributed by atoms with E-state index in [4.69, 9.17) is 21.6 Å². The van der Waals surface area contributed by atoms with Gasteiger partial charge >= 0.3 is 0 Å². The summed E-state index contributed by atoms with van der Waals surface area (Å²) in [6.45, 7) is 0.532. The number of anilines is 1. The van der Waals surface area contributed by atoms with E-state index in [2.05, 4.69) is 5.32 Å². The summed E-state index contributed by atoms with van der Waals surface area (Å²) in [5, 5.41) is 11.7. The fraction of sp³-hybridized carbons (Fsp3) is 0.133. The Morgan fingerprint density at radius 1 is 1.25 bits per heavy atom. The molecule has 2 rings (SSSR count). The Kier molecular flexibility index (Phi) is 4.80. The van der Waals surface area contributed by atoms with Crippen molar-refractivity contribution in [1.29, 1.82) is 5.26 Å². The van der Waals surface area contributed by atoms with Crippen LogP contribution in [0.5, 0.6) is 5.75 Å². The van der Waals surface area contributed by atoms with Crippen LogP contribution in [0.3, 0.4) is 0 Å². The van der Waals surface area contributed by atoms with Crippen LogP contribution in [0, 0.1) is 17.1 Å². The summed E-state index contributed by atoms with van der Waals surface area (Å²) in [7, 11) is 0. The molecular formula is C15H12ClFN2O. The largest absolute Gasteiger partial charge is 0.479 e. The third kappa shape index (κ3) is 3.87. The van der Waals surface area contributed by atoms with Gasteiger partial charge in [-0.05, 0) is 35.9 Å². The van der Waals surface area contributed by atoms with Crippen molar-refractivity contribution in [1.82, 2.24) is 0 Å². The van der Waals surface area contributed by atoms with Gasteiger partial charge in [-0.2, -0.15) is 5.26 Å². The van der Waals surface area contributed by atoms with Crippen LogP contribution in [0.25, 0.3) is 0 Å². The average Bonchev–Trinajstić information content (AvgIpc) is 2.47. The number of nitrogens with one attached hydrogen (secondary N) is 1. The quantitative estimate of drug-likeness (QED) is 0.905. The van der Waals surface area contributed by atoms with E-state index in [1.807, 2.05) is 24.3 Å². The Bertz CT molecular complexity index is 640. The van der Waals surface area contributed by atoms with Crippen LogP contribution in [0.2, 0.25) is 5.02 Å². The van der Waals surface area contributed by atoms with E-state index in [-0.39, 0.29) is 11.6 Å². The number of nitriles is 1. The lowest BCUT2D eigenvalue weighted by Crippen LogP contribution is -2.01. The Balaban J connectivity index is 1.99. The van der Waals surface area contributed by atoms with Crippen LogP contribution in [0.15, 0.2) is 42.5 Å². The Hall–Kier alpha value is -2.25. The first kappa shape index (κ1) is 14.2. The van der Waals surface area contributed by atoms with E-state index in [9.17, 15) is 4.39 Å². The summed E-state index contributed by atoms with van der Waals surface area (Å²) in [6.07, 6.45) is 0.